The maximum atomic E-state index is 12.4. The number of fused-ring (bicyclic) bond motifs is 2. The Morgan fingerprint density at radius 2 is 1.73 bits per heavy atom. The number of anilines is 1. The summed E-state index contributed by atoms with van der Waals surface area (Å²) in [7, 11) is 0. The summed E-state index contributed by atoms with van der Waals surface area (Å²) in [6, 6.07) is 5.54. The summed E-state index contributed by atoms with van der Waals surface area (Å²) in [6.07, 6.45) is 2.57. The first-order chi connectivity index (χ1) is 10.5. The summed E-state index contributed by atoms with van der Waals surface area (Å²) in [5, 5.41) is 22.7. The minimum Gasteiger partial charge on any atom is -0.481 e. The van der Waals surface area contributed by atoms with Crippen molar-refractivity contribution in [1.82, 2.24) is 0 Å². The summed E-state index contributed by atoms with van der Waals surface area (Å²) in [4.78, 5) is 33.9. The lowest BCUT2D eigenvalue weighted by Crippen LogP contribution is -2.37. The monoisotopic (exact) mass is 304 g/mol. The van der Waals surface area contributed by atoms with Crippen molar-refractivity contribution < 1.29 is 19.6 Å². The highest BCUT2D eigenvalue weighted by molar-refractivity contribution is 5.96. The van der Waals surface area contributed by atoms with E-state index in [0.29, 0.717) is 5.69 Å². The van der Waals surface area contributed by atoms with Gasteiger partial charge in [-0.3, -0.25) is 19.7 Å². The molecule has 2 aliphatic carbocycles. The average molecular weight is 304 g/mol. The Kier molecular flexibility index (Phi) is 3.56. The highest BCUT2D eigenvalue weighted by Crippen LogP contribution is 2.52. The molecule has 7 nitrogen and oxygen atoms in total. The third-order valence-electron chi connectivity index (χ3n) is 4.85. The van der Waals surface area contributed by atoms with E-state index in [-0.39, 0.29) is 23.4 Å². The van der Waals surface area contributed by atoms with Crippen LogP contribution in [0.3, 0.4) is 0 Å². The molecule has 0 aliphatic heterocycles. The zero-order valence-electron chi connectivity index (χ0n) is 11.8. The number of non-ortho nitro benzene ring substituents is 1. The van der Waals surface area contributed by atoms with Gasteiger partial charge in [-0.15, -0.1) is 0 Å². The second-order valence-electron chi connectivity index (χ2n) is 6.02. The van der Waals surface area contributed by atoms with E-state index in [1.807, 2.05) is 0 Å². The van der Waals surface area contributed by atoms with Gasteiger partial charge in [-0.25, -0.2) is 0 Å². The van der Waals surface area contributed by atoms with Gasteiger partial charge in [0.25, 0.3) is 5.69 Å². The molecule has 2 fully saturated rings. The van der Waals surface area contributed by atoms with Crippen molar-refractivity contribution in [3.63, 3.8) is 0 Å². The summed E-state index contributed by atoms with van der Waals surface area (Å²) >= 11 is 0. The first-order valence-electron chi connectivity index (χ1n) is 7.25. The van der Waals surface area contributed by atoms with Crippen LogP contribution in [0.5, 0.6) is 0 Å². The van der Waals surface area contributed by atoms with Gasteiger partial charge in [0, 0.05) is 17.8 Å². The standard InChI is InChI=1S/C15H16N2O5/c18-14(16-10-3-5-11(6-4-10)17(21)22)12-8-1-2-9(7-8)13(12)15(19)20/h3-6,8-9,12-13H,1-2,7H2,(H,16,18)(H,19,20)/t8-,9-,12-,13+/m0/s1. The van der Waals surface area contributed by atoms with Crippen LogP contribution >= 0.6 is 0 Å². The normalized spacial score (nSPS) is 29.3. The van der Waals surface area contributed by atoms with Gasteiger partial charge < -0.3 is 10.4 Å². The first kappa shape index (κ1) is 14.5. The predicted octanol–water partition coefficient (Wildman–Crippen LogP) is 2.28. The number of nitro groups is 1. The van der Waals surface area contributed by atoms with Crippen molar-refractivity contribution in [2.75, 3.05) is 5.32 Å². The number of carboxylic acids is 1. The third-order valence-corrected chi connectivity index (χ3v) is 4.85. The molecule has 0 saturated heterocycles. The highest BCUT2D eigenvalue weighted by atomic mass is 16.6. The summed E-state index contributed by atoms with van der Waals surface area (Å²) in [6.45, 7) is 0. The molecule has 7 heteroatoms. The van der Waals surface area contributed by atoms with Crippen LogP contribution < -0.4 is 5.32 Å². The van der Waals surface area contributed by atoms with Gasteiger partial charge in [0.15, 0.2) is 0 Å². The van der Waals surface area contributed by atoms with Gasteiger partial charge in [-0.1, -0.05) is 0 Å². The fourth-order valence-electron chi connectivity index (χ4n) is 3.92. The van der Waals surface area contributed by atoms with Crippen molar-refractivity contribution in [2.24, 2.45) is 23.7 Å². The molecule has 0 heterocycles. The maximum absolute atomic E-state index is 12.4. The van der Waals surface area contributed by atoms with Crippen molar-refractivity contribution in [1.29, 1.82) is 0 Å². The minimum atomic E-state index is -0.906. The molecule has 4 atom stereocenters. The van der Waals surface area contributed by atoms with E-state index in [4.69, 9.17) is 0 Å². The van der Waals surface area contributed by atoms with Crippen LogP contribution in [0.2, 0.25) is 0 Å². The van der Waals surface area contributed by atoms with Crippen LogP contribution in [0, 0.1) is 33.8 Å². The third kappa shape index (κ3) is 2.43. The fraction of sp³-hybridized carbons (Fsp3) is 0.467. The Morgan fingerprint density at radius 1 is 1.14 bits per heavy atom. The number of hydrogen-bond acceptors (Lipinski definition) is 4. The SMILES string of the molecule is O=C(O)[C@@H]1[C@H]2CC[C@@H](C2)[C@@H]1C(=O)Nc1ccc([N+](=O)[O-])cc1. The van der Waals surface area contributed by atoms with Gasteiger partial charge in [-0.05, 0) is 43.2 Å². The number of carbonyl (C=O) groups is 2. The molecule has 0 unspecified atom stereocenters. The molecule has 116 valence electrons. The average Bonchev–Trinajstić information content (AvgIpc) is 3.08. The van der Waals surface area contributed by atoms with Gasteiger partial charge in [0.1, 0.15) is 0 Å². The molecular formula is C15H16N2O5. The number of nitrogens with one attached hydrogen (secondary N) is 1. The Labute approximate surface area is 126 Å². The van der Waals surface area contributed by atoms with Crippen LogP contribution in [-0.4, -0.2) is 21.9 Å². The first-order valence-corrected chi connectivity index (χ1v) is 7.25. The van der Waals surface area contributed by atoms with Gasteiger partial charge in [-0.2, -0.15) is 0 Å². The Balaban J connectivity index is 1.73. The summed E-state index contributed by atoms with van der Waals surface area (Å²) in [5.41, 5.74) is 0.392. The van der Waals surface area contributed by atoms with Crippen LogP contribution in [0.4, 0.5) is 11.4 Å². The van der Waals surface area contributed by atoms with E-state index in [0.717, 1.165) is 19.3 Å². The summed E-state index contributed by atoms with van der Waals surface area (Å²) < 4.78 is 0. The van der Waals surface area contributed by atoms with Crippen molar-refractivity contribution in [3.05, 3.63) is 34.4 Å². The van der Waals surface area contributed by atoms with E-state index in [1.165, 1.54) is 24.3 Å². The van der Waals surface area contributed by atoms with Crippen LogP contribution in [0.15, 0.2) is 24.3 Å². The van der Waals surface area contributed by atoms with E-state index in [9.17, 15) is 24.8 Å². The molecule has 2 saturated carbocycles. The van der Waals surface area contributed by atoms with E-state index < -0.39 is 22.7 Å². The molecule has 2 aliphatic rings. The number of benzene rings is 1. The van der Waals surface area contributed by atoms with Crippen molar-refractivity contribution in [2.45, 2.75) is 19.3 Å². The molecule has 3 rings (SSSR count). The number of hydrogen-bond donors (Lipinski definition) is 2. The highest BCUT2D eigenvalue weighted by Gasteiger charge is 2.53. The number of aliphatic carboxylic acids is 1. The van der Waals surface area contributed by atoms with E-state index in [2.05, 4.69) is 5.32 Å². The molecule has 22 heavy (non-hydrogen) atoms. The largest absolute Gasteiger partial charge is 0.481 e. The van der Waals surface area contributed by atoms with Crippen LogP contribution in [0.25, 0.3) is 0 Å². The number of carboxylic acid groups (broad SMARTS) is 1. The van der Waals surface area contributed by atoms with Crippen LogP contribution in [0.1, 0.15) is 19.3 Å². The number of nitrogens with zero attached hydrogens (tertiary/aromatic N) is 1. The summed E-state index contributed by atoms with van der Waals surface area (Å²) in [5.74, 6) is -2.10. The quantitative estimate of drug-likeness (QED) is 0.655. The van der Waals surface area contributed by atoms with E-state index >= 15 is 0 Å². The molecule has 1 aromatic carbocycles. The number of amides is 1. The number of rotatable bonds is 4. The Hall–Kier alpha value is -2.44. The molecular weight excluding hydrogens is 288 g/mol. The molecule has 2 bridgehead atoms. The second kappa shape index (κ2) is 5.40. The minimum absolute atomic E-state index is 0.0543. The molecule has 0 radical (unpaired) electrons. The zero-order chi connectivity index (χ0) is 15.9. The number of nitro benzene ring substituents is 1. The maximum Gasteiger partial charge on any atom is 0.307 e. The van der Waals surface area contributed by atoms with Gasteiger partial charge >= 0.3 is 5.97 Å². The lowest BCUT2D eigenvalue weighted by atomic mass is 9.78. The lowest BCUT2D eigenvalue weighted by molar-refractivity contribution is -0.384. The fourth-order valence-corrected chi connectivity index (χ4v) is 3.92. The van der Waals surface area contributed by atoms with E-state index in [1.54, 1.807) is 0 Å². The van der Waals surface area contributed by atoms with Crippen molar-refractivity contribution in [3.8, 4) is 0 Å². The van der Waals surface area contributed by atoms with Crippen LogP contribution in [-0.2, 0) is 9.59 Å². The molecule has 1 aromatic rings. The molecule has 0 aromatic heterocycles. The molecule has 2 N–H and O–H groups in total. The molecule has 1 amide bonds. The number of carbonyl (C=O) groups excluding carboxylic acids is 1. The lowest BCUT2D eigenvalue weighted by Gasteiger charge is -2.27. The second-order valence-corrected chi connectivity index (χ2v) is 6.02. The zero-order valence-corrected chi connectivity index (χ0v) is 11.8. The topological polar surface area (TPSA) is 110 Å². The smallest absolute Gasteiger partial charge is 0.307 e. The van der Waals surface area contributed by atoms with Gasteiger partial charge in [0.2, 0.25) is 5.91 Å². The van der Waals surface area contributed by atoms with Crippen molar-refractivity contribution >= 4 is 23.3 Å². The Morgan fingerprint density at radius 3 is 2.27 bits per heavy atom. The Bertz CT molecular complexity index is 627. The predicted molar refractivity (Wildman–Crippen MR) is 77.2 cm³/mol. The van der Waals surface area contributed by atoms with Gasteiger partial charge in [0.05, 0.1) is 16.8 Å². The molecule has 0 spiro atoms.